The molecule has 0 spiro atoms. The van der Waals surface area contributed by atoms with Crippen molar-refractivity contribution in [2.45, 2.75) is 38.1 Å². The SMILES string of the molecule is C=CCCCCCC(NC)c1ccc(F)cn1. The maximum Gasteiger partial charge on any atom is 0.141 e. The zero-order valence-electron chi connectivity index (χ0n) is 10.5. The molecule has 0 aliphatic heterocycles. The van der Waals surface area contributed by atoms with E-state index >= 15 is 0 Å². The molecule has 0 aromatic carbocycles. The third-order valence-corrected chi connectivity index (χ3v) is 2.86. The number of nitrogens with zero attached hydrogens (tertiary/aromatic N) is 1. The molecule has 1 aromatic rings. The Morgan fingerprint density at radius 2 is 2.24 bits per heavy atom. The molecule has 0 saturated heterocycles. The van der Waals surface area contributed by atoms with Gasteiger partial charge >= 0.3 is 0 Å². The molecule has 1 N–H and O–H groups in total. The molecule has 0 fully saturated rings. The number of hydrogen-bond donors (Lipinski definition) is 1. The van der Waals surface area contributed by atoms with Gasteiger partial charge in [-0.3, -0.25) is 4.98 Å². The maximum absolute atomic E-state index is 12.8. The lowest BCUT2D eigenvalue weighted by atomic mass is 10.0. The lowest BCUT2D eigenvalue weighted by Gasteiger charge is -2.15. The van der Waals surface area contributed by atoms with Crippen LogP contribution in [-0.2, 0) is 0 Å². The highest BCUT2D eigenvalue weighted by Crippen LogP contribution is 2.18. The Hall–Kier alpha value is -1.22. The molecule has 94 valence electrons. The lowest BCUT2D eigenvalue weighted by molar-refractivity contribution is 0.495. The summed E-state index contributed by atoms with van der Waals surface area (Å²) in [7, 11) is 1.92. The summed E-state index contributed by atoms with van der Waals surface area (Å²) in [5.41, 5.74) is 0.914. The zero-order chi connectivity index (χ0) is 12.5. The summed E-state index contributed by atoms with van der Waals surface area (Å²) in [6, 6.07) is 3.43. The molecule has 0 amide bonds. The van der Waals surface area contributed by atoms with Crippen molar-refractivity contribution in [3.05, 3.63) is 42.5 Å². The Balaban J connectivity index is 2.37. The van der Waals surface area contributed by atoms with Crippen LogP contribution in [0.15, 0.2) is 31.0 Å². The molecule has 17 heavy (non-hydrogen) atoms. The second kappa shape index (κ2) is 7.96. The summed E-state index contributed by atoms with van der Waals surface area (Å²) in [5, 5.41) is 3.22. The number of hydrogen-bond acceptors (Lipinski definition) is 2. The third-order valence-electron chi connectivity index (χ3n) is 2.86. The van der Waals surface area contributed by atoms with Gasteiger partial charge in [0.2, 0.25) is 0 Å². The predicted molar refractivity (Wildman–Crippen MR) is 69.3 cm³/mol. The molecule has 0 radical (unpaired) electrons. The van der Waals surface area contributed by atoms with Crippen LogP contribution in [0.3, 0.4) is 0 Å². The van der Waals surface area contributed by atoms with Crippen molar-refractivity contribution < 1.29 is 4.39 Å². The van der Waals surface area contributed by atoms with E-state index in [9.17, 15) is 4.39 Å². The Kier molecular flexibility index (Phi) is 6.48. The van der Waals surface area contributed by atoms with E-state index in [1.165, 1.54) is 25.1 Å². The van der Waals surface area contributed by atoms with E-state index in [1.54, 1.807) is 6.07 Å². The first-order valence-electron chi connectivity index (χ1n) is 6.17. The summed E-state index contributed by atoms with van der Waals surface area (Å²) in [6.07, 6.45) is 8.89. The largest absolute Gasteiger partial charge is 0.312 e. The smallest absolute Gasteiger partial charge is 0.141 e. The van der Waals surface area contributed by atoms with Crippen LogP contribution >= 0.6 is 0 Å². The highest BCUT2D eigenvalue weighted by molar-refractivity contribution is 5.09. The summed E-state index contributed by atoms with van der Waals surface area (Å²) in [4.78, 5) is 4.11. The van der Waals surface area contributed by atoms with Gasteiger partial charge in [0.15, 0.2) is 0 Å². The van der Waals surface area contributed by atoms with Crippen LogP contribution in [0.5, 0.6) is 0 Å². The van der Waals surface area contributed by atoms with Crippen molar-refractivity contribution in [3.8, 4) is 0 Å². The quantitative estimate of drug-likeness (QED) is 0.551. The molecule has 1 rings (SSSR count). The summed E-state index contributed by atoms with van der Waals surface area (Å²) in [6.45, 7) is 3.71. The molecule has 2 nitrogen and oxygen atoms in total. The Labute approximate surface area is 103 Å². The molecular weight excluding hydrogens is 215 g/mol. The first-order chi connectivity index (χ1) is 8.27. The fourth-order valence-corrected chi connectivity index (χ4v) is 1.85. The van der Waals surface area contributed by atoms with Crippen molar-refractivity contribution in [1.29, 1.82) is 0 Å². The summed E-state index contributed by atoms with van der Waals surface area (Å²) >= 11 is 0. The van der Waals surface area contributed by atoms with Crippen LogP contribution < -0.4 is 5.32 Å². The molecule has 1 unspecified atom stereocenters. The number of nitrogens with one attached hydrogen (secondary N) is 1. The van der Waals surface area contributed by atoms with Gasteiger partial charge in [0.25, 0.3) is 0 Å². The average molecular weight is 236 g/mol. The monoisotopic (exact) mass is 236 g/mol. The second-order valence-electron chi connectivity index (χ2n) is 4.17. The number of allylic oxidation sites excluding steroid dienone is 1. The van der Waals surface area contributed by atoms with E-state index in [1.807, 2.05) is 13.1 Å². The molecule has 3 heteroatoms. The maximum atomic E-state index is 12.8. The molecule has 0 bridgehead atoms. The highest BCUT2D eigenvalue weighted by atomic mass is 19.1. The molecule has 0 aliphatic rings. The van der Waals surface area contributed by atoms with Gasteiger partial charge in [-0.2, -0.15) is 0 Å². The number of pyridine rings is 1. The third kappa shape index (κ3) is 5.09. The van der Waals surface area contributed by atoms with Gasteiger partial charge in [-0.1, -0.05) is 18.9 Å². The van der Waals surface area contributed by atoms with Gasteiger partial charge in [0.05, 0.1) is 11.9 Å². The standard InChI is InChI=1S/C14H21FN2/c1-3-4-5-6-7-8-13(16-2)14-10-9-12(15)11-17-14/h3,9-11,13,16H,1,4-8H2,2H3. The van der Waals surface area contributed by atoms with Crippen molar-refractivity contribution in [2.75, 3.05) is 7.05 Å². The van der Waals surface area contributed by atoms with E-state index < -0.39 is 0 Å². The average Bonchev–Trinajstić information content (AvgIpc) is 2.35. The Morgan fingerprint density at radius 3 is 2.82 bits per heavy atom. The minimum atomic E-state index is -0.283. The Bertz CT molecular complexity index is 321. The van der Waals surface area contributed by atoms with E-state index in [2.05, 4.69) is 16.9 Å². The van der Waals surface area contributed by atoms with Gasteiger partial charge in [-0.25, -0.2) is 4.39 Å². The first kappa shape index (κ1) is 13.8. The van der Waals surface area contributed by atoms with Crippen molar-refractivity contribution in [2.24, 2.45) is 0 Å². The van der Waals surface area contributed by atoms with Crippen LogP contribution in [0.4, 0.5) is 4.39 Å². The van der Waals surface area contributed by atoms with Crippen LogP contribution in [0.1, 0.15) is 43.8 Å². The zero-order valence-corrected chi connectivity index (χ0v) is 10.5. The Morgan fingerprint density at radius 1 is 1.41 bits per heavy atom. The summed E-state index contributed by atoms with van der Waals surface area (Å²) < 4.78 is 12.8. The molecular formula is C14H21FN2. The number of aromatic nitrogens is 1. The van der Waals surface area contributed by atoms with E-state index in [-0.39, 0.29) is 11.9 Å². The predicted octanol–water partition coefficient (Wildman–Crippen LogP) is 3.62. The fraction of sp³-hybridized carbons (Fsp3) is 0.500. The normalized spacial score (nSPS) is 12.4. The minimum absolute atomic E-state index is 0.222. The van der Waals surface area contributed by atoms with Crippen molar-refractivity contribution >= 4 is 0 Å². The molecule has 0 aliphatic carbocycles. The van der Waals surface area contributed by atoms with Crippen LogP contribution in [0.2, 0.25) is 0 Å². The lowest BCUT2D eigenvalue weighted by Crippen LogP contribution is -2.17. The van der Waals surface area contributed by atoms with Gasteiger partial charge in [-0.15, -0.1) is 6.58 Å². The minimum Gasteiger partial charge on any atom is -0.312 e. The van der Waals surface area contributed by atoms with Gasteiger partial charge in [0, 0.05) is 6.04 Å². The summed E-state index contributed by atoms with van der Waals surface area (Å²) in [5.74, 6) is -0.283. The number of rotatable bonds is 8. The number of halogens is 1. The fourth-order valence-electron chi connectivity index (χ4n) is 1.85. The first-order valence-corrected chi connectivity index (χ1v) is 6.17. The van der Waals surface area contributed by atoms with Crippen molar-refractivity contribution in [3.63, 3.8) is 0 Å². The molecule has 1 heterocycles. The van der Waals surface area contributed by atoms with Crippen LogP contribution in [0, 0.1) is 5.82 Å². The molecule has 1 atom stereocenters. The van der Waals surface area contributed by atoms with Gasteiger partial charge < -0.3 is 5.32 Å². The topological polar surface area (TPSA) is 24.9 Å². The molecule has 0 saturated carbocycles. The second-order valence-corrected chi connectivity index (χ2v) is 4.17. The molecule has 1 aromatic heterocycles. The van der Waals surface area contributed by atoms with Crippen LogP contribution in [0.25, 0.3) is 0 Å². The van der Waals surface area contributed by atoms with Gasteiger partial charge in [-0.05, 0) is 38.4 Å². The highest BCUT2D eigenvalue weighted by Gasteiger charge is 2.09. The van der Waals surface area contributed by atoms with E-state index in [0.29, 0.717) is 0 Å². The van der Waals surface area contributed by atoms with Crippen molar-refractivity contribution in [1.82, 2.24) is 10.3 Å². The number of unbranched alkanes of at least 4 members (excludes halogenated alkanes) is 3. The van der Waals surface area contributed by atoms with Crippen LogP contribution in [-0.4, -0.2) is 12.0 Å². The van der Waals surface area contributed by atoms with Gasteiger partial charge in [0.1, 0.15) is 5.82 Å². The van der Waals surface area contributed by atoms with E-state index in [0.717, 1.165) is 25.0 Å². The van der Waals surface area contributed by atoms with E-state index in [4.69, 9.17) is 0 Å².